The van der Waals surface area contributed by atoms with Crippen LogP contribution in [0, 0.1) is 6.92 Å². The highest BCUT2D eigenvalue weighted by molar-refractivity contribution is 7.99. The summed E-state index contributed by atoms with van der Waals surface area (Å²) >= 11 is 7.47. The van der Waals surface area contributed by atoms with Crippen LogP contribution in [0.15, 0.2) is 48.5 Å². The normalized spacial score (nSPS) is 16.5. The zero-order valence-electron chi connectivity index (χ0n) is 14.6. The van der Waals surface area contributed by atoms with E-state index in [1.807, 2.05) is 6.07 Å². The third-order valence-corrected chi connectivity index (χ3v) is 5.60. The second-order valence-corrected chi connectivity index (χ2v) is 7.76. The van der Waals surface area contributed by atoms with E-state index in [9.17, 15) is 9.59 Å². The highest BCUT2D eigenvalue weighted by atomic mass is 35.5. The van der Waals surface area contributed by atoms with E-state index in [-0.39, 0.29) is 11.8 Å². The van der Waals surface area contributed by atoms with Gasteiger partial charge in [-0.05, 0) is 43.2 Å². The van der Waals surface area contributed by atoms with Gasteiger partial charge in [0.05, 0.1) is 5.88 Å². The topological polar surface area (TPSA) is 49.4 Å². The summed E-state index contributed by atoms with van der Waals surface area (Å²) in [6.07, 6.45) is 0.776. The highest BCUT2D eigenvalue weighted by Crippen LogP contribution is 2.24. The maximum atomic E-state index is 12.7. The van der Waals surface area contributed by atoms with Crippen LogP contribution in [0.1, 0.15) is 21.5 Å². The molecule has 1 N–H and O–H groups in total. The summed E-state index contributed by atoms with van der Waals surface area (Å²) in [6.45, 7) is 2.62. The second-order valence-electron chi connectivity index (χ2n) is 6.33. The van der Waals surface area contributed by atoms with E-state index in [4.69, 9.17) is 11.6 Å². The van der Waals surface area contributed by atoms with E-state index in [2.05, 4.69) is 30.4 Å². The Kier molecular flexibility index (Phi) is 6.22. The number of amides is 2. The predicted octanol–water partition coefficient (Wildman–Crippen LogP) is 3.52. The van der Waals surface area contributed by atoms with Gasteiger partial charge in [-0.15, -0.1) is 11.8 Å². The van der Waals surface area contributed by atoms with Crippen LogP contribution in [-0.2, 0) is 11.2 Å². The monoisotopic (exact) mass is 388 g/mol. The van der Waals surface area contributed by atoms with Crippen molar-refractivity contribution in [3.63, 3.8) is 0 Å². The molecular formula is C20H21ClN2O2S. The molecule has 4 nitrogen and oxygen atoms in total. The zero-order valence-corrected chi connectivity index (χ0v) is 16.1. The number of thioether (sulfide) groups is 1. The van der Waals surface area contributed by atoms with Crippen LogP contribution in [0.2, 0.25) is 5.02 Å². The average Bonchev–Trinajstić information content (AvgIpc) is 3.11. The van der Waals surface area contributed by atoms with E-state index < -0.39 is 6.04 Å². The molecule has 136 valence electrons. The Morgan fingerprint density at radius 2 is 2.00 bits per heavy atom. The van der Waals surface area contributed by atoms with Crippen LogP contribution in [0.5, 0.6) is 0 Å². The summed E-state index contributed by atoms with van der Waals surface area (Å²) in [7, 11) is 0. The molecule has 2 aromatic carbocycles. The van der Waals surface area contributed by atoms with Gasteiger partial charge in [-0.1, -0.05) is 41.4 Å². The first-order valence-electron chi connectivity index (χ1n) is 8.52. The molecule has 6 heteroatoms. The summed E-state index contributed by atoms with van der Waals surface area (Å²) in [5.74, 6) is 0.919. The molecule has 1 atom stereocenters. The van der Waals surface area contributed by atoms with Gasteiger partial charge in [0, 0.05) is 22.9 Å². The fraction of sp³-hybridized carbons (Fsp3) is 0.300. The number of halogens is 1. The molecule has 1 fully saturated rings. The van der Waals surface area contributed by atoms with Crippen molar-refractivity contribution < 1.29 is 9.59 Å². The molecule has 1 heterocycles. The maximum Gasteiger partial charge on any atom is 0.255 e. The molecule has 1 saturated heterocycles. The first-order valence-corrected chi connectivity index (χ1v) is 10.1. The minimum Gasteiger partial charge on any atom is -0.354 e. The van der Waals surface area contributed by atoms with Crippen LogP contribution in [0.3, 0.4) is 0 Å². The van der Waals surface area contributed by atoms with Gasteiger partial charge in [0.1, 0.15) is 6.04 Å². The Labute approximate surface area is 162 Å². The van der Waals surface area contributed by atoms with Gasteiger partial charge in [-0.2, -0.15) is 0 Å². The first kappa shape index (κ1) is 18.8. The lowest BCUT2D eigenvalue weighted by atomic mass is 10.1. The highest BCUT2D eigenvalue weighted by Gasteiger charge is 2.34. The molecule has 3 rings (SSSR count). The van der Waals surface area contributed by atoms with Gasteiger partial charge in [-0.25, -0.2) is 0 Å². The molecule has 0 aromatic heterocycles. The van der Waals surface area contributed by atoms with Gasteiger partial charge in [-0.3, -0.25) is 9.59 Å². The van der Waals surface area contributed by atoms with Crippen LogP contribution in [0.25, 0.3) is 0 Å². The molecule has 26 heavy (non-hydrogen) atoms. The van der Waals surface area contributed by atoms with Crippen molar-refractivity contribution >= 4 is 35.2 Å². The van der Waals surface area contributed by atoms with Crippen LogP contribution < -0.4 is 5.32 Å². The summed E-state index contributed by atoms with van der Waals surface area (Å²) in [6, 6.07) is 14.6. The summed E-state index contributed by atoms with van der Waals surface area (Å²) < 4.78 is 0. The molecule has 0 saturated carbocycles. The third-order valence-electron chi connectivity index (χ3n) is 4.33. The summed E-state index contributed by atoms with van der Waals surface area (Å²) in [5.41, 5.74) is 2.95. The van der Waals surface area contributed by atoms with E-state index in [0.717, 1.165) is 6.42 Å². The number of hydrogen-bond donors (Lipinski definition) is 1. The Morgan fingerprint density at radius 3 is 2.73 bits per heavy atom. The van der Waals surface area contributed by atoms with E-state index >= 15 is 0 Å². The molecule has 2 aromatic rings. The number of carbonyl (C=O) groups is 2. The molecule has 0 radical (unpaired) electrons. The largest absolute Gasteiger partial charge is 0.354 e. The number of nitrogens with one attached hydrogen (secondary N) is 1. The second kappa shape index (κ2) is 8.60. The average molecular weight is 389 g/mol. The molecule has 1 aliphatic rings. The maximum absolute atomic E-state index is 12.7. The summed E-state index contributed by atoms with van der Waals surface area (Å²) in [4.78, 5) is 26.9. The Bertz CT molecular complexity index is 795. The number of aryl methyl sites for hydroxylation is 1. The zero-order chi connectivity index (χ0) is 18.5. The lowest BCUT2D eigenvalue weighted by Crippen LogP contribution is -2.47. The van der Waals surface area contributed by atoms with E-state index in [1.54, 1.807) is 40.9 Å². The molecule has 1 aliphatic heterocycles. The smallest absolute Gasteiger partial charge is 0.255 e. The van der Waals surface area contributed by atoms with Gasteiger partial charge < -0.3 is 10.2 Å². The Balaban J connectivity index is 1.57. The lowest BCUT2D eigenvalue weighted by molar-refractivity contribution is -0.124. The number of carbonyl (C=O) groups excluding carboxylic acids is 2. The van der Waals surface area contributed by atoms with Crippen LogP contribution in [0.4, 0.5) is 0 Å². The standard InChI is InChI=1S/C20H21ClN2O2S/c1-14-3-2-4-15(11-14)9-10-22-19(24)18-12-26-13-23(18)20(25)16-5-7-17(21)8-6-16/h2-8,11,18H,9-10,12-13H2,1H3,(H,22,24). The third kappa shape index (κ3) is 4.59. The fourth-order valence-corrected chi connectivity index (χ4v) is 4.21. The fourth-order valence-electron chi connectivity index (χ4n) is 2.93. The van der Waals surface area contributed by atoms with E-state index in [0.29, 0.717) is 28.8 Å². The molecule has 2 amide bonds. The van der Waals surface area contributed by atoms with Crippen LogP contribution >= 0.6 is 23.4 Å². The van der Waals surface area contributed by atoms with Gasteiger partial charge in [0.25, 0.3) is 5.91 Å². The molecular weight excluding hydrogens is 368 g/mol. The summed E-state index contributed by atoms with van der Waals surface area (Å²) in [5, 5.41) is 3.56. The first-order chi connectivity index (χ1) is 12.5. The lowest BCUT2D eigenvalue weighted by Gasteiger charge is -2.23. The van der Waals surface area contributed by atoms with Crippen molar-refractivity contribution in [2.75, 3.05) is 18.2 Å². The SMILES string of the molecule is Cc1cccc(CCNC(=O)C2CSCN2C(=O)c2ccc(Cl)cc2)c1. The number of nitrogens with zero attached hydrogens (tertiary/aromatic N) is 1. The van der Waals surface area contributed by atoms with Crippen molar-refractivity contribution in [3.05, 3.63) is 70.2 Å². The number of benzene rings is 2. The van der Waals surface area contributed by atoms with Crippen LogP contribution in [-0.4, -0.2) is 40.9 Å². The minimum atomic E-state index is -0.430. The minimum absolute atomic E-state index is 0.0926. The molecule has 0 aliphatic carbocycles. The number of hydrogen-bond acceptors (Lipinski definition) is 3. The molecule has 0 spiro atoms. The Morgan fingerprint density at radius 1 is 1.23 bits per heavy atom. The van der Waals surface area contributed by atoms with E-state index in [1.165, 1.54) is 11.1 Å². The van der Waals surface area contributed by atoms with Crippen molar-refractivity contribution in [3.8, 4) is 0 Å². The van der Waals surface area contributed by atoms with Gasteiger partial charge in [0.15, 0.2) is 0 Å². The van der Waals surface area contributed by atoms with Crippen molar-refractivity contribution in [2.45, 2.75) is 19.4 Å². The van der Waals surface area contributed by atoms with Gasteiger partial charge in [0.2, 0.25) is 5.91 Å². The number of rotatable bonds is 5. The molecule has 1 unspecified atom stereocenters. The van der Waals surface area contributed by atoms with Gasteiger partial charge >= 0.3 is 0 Å². The predicted molar refractivity (Wildman–Crippen MR) is 107 cm³/mol. The van der Waals surface area contributed by atoms with Crippen molar-refractivity contribution in [1.82, 2.24) is 10.2 Å². The Hall–Kier alpha value is -1.98. The van der Waals surface area contributed by atoms with Crippen molar-refractivity contribution in [2.24, 2.45) is 0 Å². The van der Waals surface area contributed by atoms with Crippen molar-refractivity contribution in [1.29, 1.82) is 0 Å². The quantitative estimate of drug-likeness (QED) is 0.852. The molecule has 0 bridgehead atoms.